The molecule has 1 aromatic carbocycles. The van der Waals surface area contributed by atoms with Crippen LogP contribution in [0.15, 0.2) is 36.4 Å². The van der Waals surface area contributed by atoms with Crippen molar-refractivity contribution >= 4 is 17.5 Å². The largest absolute Gasteiger partial charge is 0.384 e. The molecule has 0 radical (unpaired) electrons. The smallest absolute Gasteiger partial charge is 0.224 e. The molecule has 144 valence electrons. The van der Waals surface area contributed by atoms with Crippen molar-refractivity contribution in [1.29, 1.82) is 0 Å². The molecule has 0 bridgehead atoms. The van der Waals surface area contributed by atoms with E-state index in [0.717, 1.165) is 48.8 Å². The Morgan fingerprint density at radius 1 is 1.30 bits per heavy atom. The van der Waals surface area contributed by atoms with Gasteiger partial charge in [-0.05, 0) is 61.6 Å². The van der Waals surface area contributed by atoms with E-state index < -0.39 is 0 Å². The van der Waals surface area contributed by atoms with Crippen molar-refractivity contribution in [1.82, 2.24) is 9.88 Å². The second-order valence-electron chi connectivity index (χ2n) is 7.27. The van der Waals surface area contributed by atoms with Crippen LogP contribution in [-0.4, -0.2) is 42.6 Å². The Balaban J connectivity index is 1.74. The fraction of sp³-hybridized carbons (Fsp3) is 0.455. The van der Waals surface area contributed by atoms with Gasteiger partial charge in [0.25, 0.3) is 0 Å². The van der Waals surface area contributed by atoms with Gasteiger partial charge in [-0.2, -0.15) is 0 Å². The second kappa shape index (κ2) is 9.34. The fourth-order valence-electron chi connectivity index (χ4n) is 3.75. The number of ether oxygens (including phenoxy) is 1. The molecule has 2 aromatic rings. The van der Waals surface area contributed by atoms with Gasteiger partial charge in [-0.1, -0.05) is 23.7 Å². The number of benzene rings is 1. The Morgan fingerprint density at radius 3 is 2.93 bits per heavy atom. The lowest BCUT2D eigenvalue weighted by Crippen LogP contribution is -2.39. The van der Waals surface area contributed by atoms with Crippen LogP contribution >= 0.6 is 11.6 Å². The van der Waals surface area contributed by atoms with Crippen LogP contribution in [0.3, 0.4) is 0 Å². The molecule has 1 aliphatic rings. The first kappa shape index (κ1) is 19.8. The maximum atomic E-state index is 12.4. The lowest BCUT2D eigenvalue weighted by molar-refractivity contribution is -0.133. The molecule has 1 amide bonds. The summed E-state index contributed by atoms with van der Waals surface area (Å²) >= 11 is 6.12. The van der Waals surface area contributed by atoms with Gasteiger partial charge in [0.1, 0.15) is 0 Å². The first-order valence-electron chi connectivity index (χ1n) is 9.54. The monoisotopic (exact) mass is 386 g/mol. The third kappa shape index (κ3) is 5.53. The highest BCUT2D eigenvalue weighted by atomic mass is 35.5. The summed E-state index contributed by atoms with van der Waals surface area (Å²) in [5.41, 5.74) is 4.55. The normalized spacial score (nSPS) is 17.1. The van der Waals surface area contributed by atoms with Crippen LogP contribution in [0.25, 0.3) is 0 Å². The molecule has 0 aliphatic carbocycles. The van der Waals surface area contributed by atoms with Crippen molar-refractivity contribution < 1.29 is 9.53 Å². The number of likely N-dealkylation sites (tertiary alicyclic amines) is 1. The highest BCUT2D eigenvalue weighted by Gasteiger charge is 2.25. The number of pyridine rings is 1. The third-order valence-corrected chi connectivity index (χ3v) is 5.28. The number of aromatic nitrogens is 1. The predicted molar refractivity (Wildman–Crippen MR) is 108 cm³/mol. The zero-order valence-electron chi connectivity index (χ0n) is 16.1. The van der Waals surface area contributed by atoms with Crippen molar-refractivity contribution in [3.05, 3.63) is 63.9 Å². The van der Waals surface area contributed by atoms with E-state index in [-0.39, 0.29) is 5.91 Å². The number of aryl methyl sites for hydroxylation is 1. The van der Waals surface area contributed by atoms with Gasteiger partial charge in [0.05, 0.1) is 13.0 Å². The van der Waals surface area contributed by atoms with E-state index in [4.69, 9.17) is 21.3 Å². The lowest BCUT2D eigenvalue weighted by Gasteiger charge is -2.33. The molecule has 1 aromatic heterocycles. The number of carbonyl (C=O) groups excluding carboxylic acids is 1. The summed E-state index contributed by atoms with van der Waals surface area (Å²) in [4.78, 5) is 19.1. The third-order valence-electron chi connectivity index (χ3n) is 5.04. The highest BCUT2D eigenvalue weighted by molar-refractivity contribution is 6.30. The Bertz CT molecular complexity index is 794. The molecule has 1 atom stereocenters. The maximum Gasteiger partial charge on any atom is 0.224 e. The van der Waals surface area contributed by atoms with E-state index in [1.807, 2.05) is 30.0 Å². The number of amides is 1. The molecule has 1 unspecified atom stereocenters. The summed E-state index contributed by atoms with van der Waals surface area (Å²) in [5.74, 6) is 0.469. The Labute approximate surface area is 166 Å². The summed E-state index contributed by atoms with van der Waals surface area (Å²) in [7, 11) is 1.63. The van der Waals surface area contributed by atoms with Crippen molar-refractivity contribution in [3.8, 4) is 0 Å². The molecular weight excluding hydrogens is 360 g/mol. The van der Waals surface area contributed by atoms with Crippen molar-refractivity contribution in [2.45, 2.75) is 38.5 Å². The van der Waals surface area contributed by atoms with Gasteiger partial charge in [0.2, 0.25) is 5.91 Å². The first-order chi connectivity index (χ1) is 13.0. The zero-order valence-corrected chi connectivity index (χ0v) is 16.8. The number of hydrogen-bond donors (Lipinski definition) is 0. The van der Waals surface area contributed by atoms with Gasteiger partial charge in [-0.3, -0.25) is 9.78 Å². The minimum Gasteiger partial charge on any atom is -0.384 e. The summed E-state index contributed by atoms with van der Waals surface area (Å²) in [5, 5.41) is 0.760. The number of hydrogen-bond acceptors (Lipinski definition) is 3. The lowest BCUT2D eigenvalue weighted by atomic mass is 9.92. The molecule has 1 fully saturated rings. The Kier molecular flexibility index (Phi) is 6.86. The van der Waals surface area contributed by atoms with Gasteiger partial charge >= 0.3 is 0 Å². The van der Waals surface area contributed by atoms with Crippen LogP contribution in [0.4, 0.5) is 0 Å². The molecule has 0 spiro atoms. The van der Waals surface area contributed by atoms with Crippen molar-refractivity contribution in [2.24, 2.45) is 0 Å². The molecular formula is C22H27ClN2O2. The summed E-state index contributed by atoms with van der Waals surface area (Å²) in [6.45, 7) is 4.09. The quantitative estimate of drug-likeness (QED) is 0.740. The maximum absolute atomic E-state index is 12.4. The summed E-state index contributed by atoms with van der Waals surface area (Å²) in [6.07, 6.45) is 3.37. The molecule has 1 aliphatic heterocycles. The van der Waals surface area contributed by atoms with Crippen LogP contribution in [0.1, 0.15) is 47.7 Å². The average Bonchev–Trinajstić information content (AvgIpc) is 2.66. The van der Waals surface area contributed by atoms with Crippen LogP contribution in [0, 0.1) is 6.92 Å². The summed E-state index contributed by atoms with van der Waals surface area (Å²) in [6, 6.07) is 12.3. The van der Waals surface area contributed by atoms with Crippen LogP contribution in [0.5, 0.6) is 0 Å². The minimum atomic E-state index is 0.174. The van der Waals surface area contributed by atoms with Crippen LogP contribution < -0.4 is 0 Å². The molecule has 2 heterocycles. The number of methoxy groups -OCH3 is 1. The number of rotatable bonds is 6. The van der Waals surface area contributed by atoms with Gasteiger partial charge in [0, 0.05) is 42.5 Å². The fourth-order valence-corrected chi connectivity index (χ4v) is 3.97. The summed E-state index contributed by atoms with van der Waals surface area (Å²) < 4.78 is 5.04. The number of piperidine rings is 1. The van der Waals surface area contributed by atoms with E-state index in [9.17, 15) is 4.79 Å². The van der Waals surface area contributed by atoms with Gasteiger partial charge in [-0.25, -0.2) is 0 Å². The highest BCUT2D eigenvalue weighted by Crippen LogP contribution is 2.27. The van der Waals surface area contributed by atoms with Gasteiger partial charge in [-0.15, -0.1) is 0 Å². The standard InChI is InChI=1S/C22H27ClN2O2/c1-16-11-18(12-17-5-3-7-20(23)13-17)14-21(24-16)19-6-4-9-25(15-19)22(26)8-10-27-2/h3,5,7,11,13-14,19H,4,6,8-10,12,15H2,1-2H3. The predicted octanol–water partition coefficient (Wildman–Crippen LogP) is 4.38. The van der Waals surface area contributed by atoms with Gasteiger partial charge in [0.15, 0.2) is 0 Å². The topological polar surface area (TPSA) is 42.4 Å². The molecule has 4 nitrogen and oxygen atoms in total. The molecule has 27 heavy (non-hydrogen) atoms. The SMILES string of the molecule is COCCC(=O)N1CCCC(c2cc(Cc3cccc(Cl)c3)cc(C)n2)C1. The van der Waals surface area contributed by atoms with E-state index in [1.165, 1.54) is 11.1 Å². The molecule has 1 saturated heterocycles. The number of carbonyl (C=O) groups is 1. The average molecular weight is 387 g/mol. The van der Waals surface area contributed by atoms with E-state index in [1.54, 1.807) is 7.11 Å². The van der Waals surface area contributed by atoms with Gasteiger partial charge < -0.3 is 9.64 Å². The second-order valence-corrected chi connectivity index (χ2v) is 7.71. The molecule has 5 heteroatoms. The van der Waals surface area contributed by atoms with Crippen molar-refractivity contribution in [3.63, 3.8) is 0 Å². The Morgan fingerprint density at radius 2 is 2.15 bits per heavy atom. The number of nitrogens with zero attached hydrogens (tertiary/aromatic N) is 2. The van der Waals surface area contributed by atoms with E-state index in [2.05, 4.69) is 18.2 Å². The van der Waals surface area contributed by atoms with Crippen molar-refractivity contribution in [2.75, 3.05) is 26.8 Å². The van der Waals surface area contributed by atoms with Crippen LogP contribution in [0.2, 0.25) is 5.02 Å². The molecule has 3 rings (SSSR count). The van der Waals surface area contributed by atoms with E-state index in [0.29, 0.717) is 18.9 Å². The van der Waals surface area contributed by atoms with E-state index >= 15 is 0 Å². The number of halogens is 1. The van der Waals surface area contributed by atoms with Crippen LogP contribution in [-0.2, 0) is 16.0 Å². The minimum absolute atomic E-state index is 0.174. The zero-order chi connectivity index (χ0) is 19.2. The first-order valence-corrected chi connectivity index (χ1v) is 9.91. The molecule has 0 N–H and O–H groups in total. The Hall–Kier alpha value is -1.91. The molecule has 0 saturated carbocycles.